The largest absolute Gasteiger partial charge is 0.340 e. The lowest BCUT2D eigenvalue weighted by atomic mass is 10.3. The summed E-state index contributed by atoms with van der Waals surface area (Å²) in [6.07, 6.45) is 2.72. The molecule has 0 aliphatic heterocycles. The highest BCUT2D eigenvalue weighted by Gasteiger charge is 2.28. The first-order chi connectivity index (χ1) is 9.84. The van der Waals surface area contributed by atoms with Crippen molar-refractivity contribution in [2.75, 3.05) is 10.6 Å². The molecule has 2 rings (SSSR count). The highest BCUT2D eigenvalue weighted by atomic mass is 19.3. The van der Waals surface area contributed by atoms with Crippen LogP contribution < -0.4 is 10.6 Å². The molecule has 2 aromatic heterocycles. The van der Waals surface area contributed by atoms with Gasteiger partial charge in [0.25, 0.3) is 0 Å². The van der Waals surface area contributed by atoms with E-state index in [-0.39, 0.29) is 11.7 Å². The van der Waals surface area contributed by atoms with E-state index in [2.05, 4.69) is 25.6 Å². The molecule has 2 heterocycles. The lowest BCUT2D eigenvalue weighted by molar-refractivity contribution is -0.114. The Hall–Kier alpha value is -2.64. The van der Waals surface area contributed by atoms with Crippen LogP contribution in [0.2, 0.25) is 0 Å². The molecular formula is C13H13F2N5O. The molecule has 0 fully saturated rings. The number of carbonyl (C=O) groups is 1. The number of halogens is 2. The van der Waals surface area contributed by atoms with E-state index >= 15 is 0 Å². The second-order valence-corrected chi connectivity index (χ2v) is 4.39. The Morgan fingerprint density at radius 2 is 1.90 bits per heavy atom. The van der Waals surface area contributed by atoms with Crippen molar-refractivity contribution in [3.63, 3.8) is 0 Å². The van der Waals surface area contributed by atoms with Gasteiger partial charge in [0, 0.05) is 38.0 Å². The maximum Gasteiger partial charge on any atom is 0.303 e. The summed E-state index contributed by atoms with van der Waals surface area (Å²) < 4.78 is 26.3. The number of rotatable bonds is 4. The minimum atomic E-state index is -3.11. The predicted molar refractivity (Wildman–Crippen MR) is 73.4 cm³/mol. The first-order valence-corrected chi connectivity index (χ1v) is 6.06. The van der Waals surface area contributed by atoms with E-state index in [4.69, 9.17) is 0 Å². The van der Waals surface area contributed by atoms with Crippen LogP contribution in [0.4, 0.5) is 26.1 Å². The lowest BCUT2D eigenvalue weighted by Gasteiger charge is -2.11. The quantitative estimate of drug-likeness (QED) is 0.906. The van der Waals surface area contributed by atoms with Crippen LogP contribution in [0.25, 0.3) is 0 Å². The molecule has 0 saturated heterocycles. The fourth-order valence-corrected chi connectivity index (χ4v) is 1.54. The average Bonchev–Trinajstić information content (AvgIpc) is 2.37. The number of amides is 1. The number of aromatic nitrogens is 3. The van der Waals surface area contributed by atoms with Gasteiger partial charge in [0.1, 0.15) is 11.6 Å². The molecule has 0 unspecified atom stereocenters. The SMILES string of the molecule is CC(=O)Nc1cc(Nc2ccnc(C(C)(F)F)n2)ccn1. The number of hydrogen-bond donors (Lipinski definition) is 2. The molecule has 110 valence electrons. The Morgan fingerprint density at radius 3 is 2.57 bits per heavy atom. The van der Waals surface area contributed by atoms with Crippen LogP contribution in [0.1, 0.15) is 19.7 Å². The van der Waals surface area contributed by atoms with Gasteiger partial charge in [-0.05, 0) is 12.1 Å². The monoisotopic (exact) mass is 293 g/mol. The zero-order valence-electron chi connectivity index (χ0n) is 11.4. The van der Waals surface area contributed by atoms with Gasteiger partial charge in [0.15, 0.2) is 0 Å². The average molecular weight is 293 g/mol. The maximum absolute atomic E-state index is 13.2. The maximum atomic E-state index is 13.2. The Bertz CT molecular complexity index is 657. The van der Waals surface area contributed by atoms with Gasteiger partial charge in [0.2, 0.25) is 11.7 Å². The van der Waals surface area contributed by atoms with Crippen LogP contribution in [0.5, 0.6) is 0 Å². The molecule has 2 N–H and O–H groups in total. The Balaban J connectivity index is 2.20. The number of pyridine rings is 1. The highest BCUT2D eigenvalue weighted by molar-refractivity contribution is 5.88. The van der Waals surface area contributed by atoms with E-state index in [1.54, 1.807) is 12.1 Å². The summed E-state index contributed by atoms with van der Waals surface area (Å²) in [4.78, 5) is 22.2. The first-order valence-electron chi connectivity index (χ1n) is 6.06. The van der Waals surface area contributed by atoms with Crippen molar-refractivity contribution in [2.45, 2.75) is 19.8 Å². The normalized spacial score (nSPS) is 11.0. The summed E-state index contributed by atoms with van der Waals surface area (Å²) in [5.41, 5.74) is 0.554. The van der Waals surface area contributed by atoms with Crippen molar-refractivity contribution in [1.82, 2.24) is 15.0 Å². The van der Waals surface area contributed by atoms with Crippen molar-refractivity contribution in [2.24, 2.45) is 0 Å². The second-order valence-electron chi connectivity index (χ2n) is 4.39. The Morgan fingerprint density at radius 1 is 1.19 bits per heavy atom. The van der Waals surface area contributed by atoms with Crippen molar-refractivity contribution in [1.29, 1.82) is 0 Å². The fourth-order valence-electron chi connectivity index (χ4n) is 1.54. The summed E-state index contributed by atoms with van der Waals surface area (Å²) in [5, 5.41) is 5.38. The summed E-state index contributed by atoms with van der Waals surface area (Å²) in [5.74, 6) is -3.36. The van der Waals surface area contributed by atoms with Crippen LogP contribution in [0.15, 0.2) is 30.6 Å². The molecule has 6 nitrogen and oxygen atoms in total. The van der Waals surface area contributed by atoms with Crippen molar-refractivity contribution in [3.05, 3.63) is 36.4 Å². The lowest BCUT2D eigenvalue weighted by Crippen LogP contribution is -2.13. The number of nitrogens with zero attached hydrogens (tertiary/aromatic N) is 3. The fraction of sp³-hybridized carbons (Fsp3) is 0.231. The third kappa shape index (κ3) is 4.16. The molecule has 0 atom stereocenters. The molecule has 0 radical (unpaired) electrons. The molecule has 0 aromatic carbocycles. The van der Waals surface area contributed by atoms with Gasteiger partial charge in [-0.15, -0.1) is 0 Å². The Labute approximate surface area is 119 Å². The van der Waals surface area contributed by atoms with Crippen LogP contribution in [0.3, 0.4) is 0 Å². The van der Waals surface area contributed by atoms with Crippen molar-refractivity contribution >= 4 is 23.2 Å². The molecule has 0 spiro atoms. The van der Waals surface area contributed by atoms with Crippen LogP contribution >= 0.6 is 0 Å². The van der Waals surface area contributed by atoms with Crippen LogP contribution in [-0.4, -0.2) is 20.9 Å². The second kappa shape index (κ2) is 5.78. The topological polar surface area (TPSA) is 79.8 Å². The smallest absolute Gasteiger partial charge is 0.303 e. The number of alkyl halides is 2. The number of anilines is 3. The zero-order valence-corrected chi connectivity index (χ0v) is 11.4. The first kappa shape index (κ1) is 14.8. The van der Waals surface area contributed by atoms with E-state index in [1.165, 1.54) is 25.4 Å². The van der Waals surface area contributed by atoms with E-state index in [0.717, 1.165) is 6.92 Å². The molecule has 0 aliphatic carbocycles. The van der Waals surface area contributed by atoms with Crippen molar-refractivity contribution < 1.29 is 13.6 Å². The minimum absolute atomic E-state index is 0.224. The molecule has 21 heavy (non-hydrogen) atoms. The predicted octanol–water partition coefficient (Wildman–Crippen LogP) is 2.69. The number of carbonyl (C=O) groups excluding carboxylic acids is 1. The molecule has 2 aromatic rings. The van der Waals surface area contributed by atoms with E-state index in [0.29, 0.717) is 11.5 Å². The molecule has 0 saturated carbocycles. The van der Waals surface area contributed by atoms with Gasteiger partial charge < -0.3 is 10.6 Å². The molecular weight excluding hydrogens is 280 g/mol. The minimum Gasteiger partial charge on any atom is -0.340 e. The standard InChI is InChI=1S/C13H13F2N5O/c1-8(21)18-11-7-9(3-5-16-11)19-10-4-6-17-12(20-10)13(2,14)15/h3-7H,1-2H3,(H2,16,17,18,19,20,21). The molecule has 0 aliphatic rings. The van der Waals surface area contributed by atoms with Gasteiger partial charge in [0.05, 0.1) is 0 Å². The number of nitrogens with one attached hydrogen (secondary N) is 2. The molecule has 1 amide bonds. The highest BCUT2D eigenvalue weighted by Crippen LogP contribution is 2.25. The van der Waals surface area contributed by atoms with Gasteiger partial charge in [-0.1, -0.05) is 0 Å². The van der Waals surface area contributed by atoms with E-state index in [1.807, 2.05) is 0 Å². The van der Waals surface area contributed by atoms with Gasteiger partial charge >= 0.3 is 5.92 Å². The van der Waals surface area contributed by atoms with Gasteiger partial charge in [-0.3, -0.25) is 4.79 Å². The summed E-state index contributed by atoms with van der Waals surface area (Å²) in [6.45, 7) is 2.09. The van der Waals surface area contributed by atoms with Crippen LogP contribution in [0, 0.1) is 0 Å². The zero-order chi connectivity index (χ0) is 15.5. The Kier molecular flexibility index (Phi) is 4.06. The van der Waals surface area contributed by atoms with Gasteiger partial charge in [-0.25, -0.2) is 15.0 Å². The van der Waals surface area contributed by atoms with Crippen LogP contribution in [-0.2, 0) is 10.7 Å². The molecule has 8 heteroatoms. The van der Waals surface area contributed by atoms with Gasteiger partial charge in [-0.2, -0.15) is 8.78 Å². The van der Waals surface area contributed by atoms with Crippen molar-refractivity contribution in [3.8, 4) is 0 Å². The third-order valence-corrected chi connectivity index (χ3v) is 2.38. The summed E-state index contributed by atoms with van der Waals surface area (Å²) in [6, 6.07) is 4.65. The summed E-state index contributed by atoms with van der Waals surface area (Å²) >= 11 is 0. The summed E-state index contributed by atoms with van der Waals surface area (Å²) in [7, 11) is 0. The third-order valence-electron chi connectivity index (χ3n) is 2.38. The van der Waals surface area contributed by atoms with E-state index in [9.17, 15) is 13.6 Å². The molecule has 0 bridgehead atoms. The van der Waals surface area contributed by atoms with E-state index < -0.39 is 11.7 Å². The number of hydrogen-bond acceptors (Lipinski definition) is 5.